The van der Waals surface area contributed by atoms with Gasteiger partial charge in [-0.05, 0) is 12.1 Å². The van der Waals surface area contributed by atoms with E-state index in [1.54, 1.807) is 0 Å². The summed E-state index contributed by atoms with van der Waals surface area (Å²) in [5, 5.41) is 4.78. The Hall–Kier alpha value is -4.42. The van der Waals surface area contributed by atoms with Crippen molar-refractivity contribution < 1.29 is 36.7 Å². The molecule has 152 valence electrons. The van der Waals surface area contributed by atoms with Gasteiger partial charge in [-0.1, -0.05) is 0 Å². The number of alkyl halides is 2. The van der Waals surface area contributed by atoms with E-state index in [2.05, 4.69) is 35.1 Å². The van der Waals surface area contributed by atoms with E-state index in [0.29, 0.717) is 5.52 Å². The number of aromatic nitrogens is 3. The maximum atomic E-state index is 13.1. The molecule has 0 fully saturated rings. The standard InChI is InChI=1S/C17H9F2N5O6/c18-17(19)29-11-4-7-8(5-12(11)30-17)21-15(20-7)23-13(25)9-6-28-16(22-9)24-14(26)10-2-1-3-27-10/h1-6H,(H,22,24,26)(H2,20,21,23,25). The van der Waals surface area contributed by atoms with Crippen LogP contribution in [0, 0.1) is 0 Å². The molecule has 0 saturated carbocycles. The molecular weight excluding hydrogens is 408 g/mol. The molecule has 1 aliphatic rings. The number of hydrogen-bond donors (Lipinski definition) is 3. The first-order valence-corrected chi connectivity index (χ1v) is 8.28. The van der Waals surface area contributed by atoms with Gasteiger partial charge in [0.25, 0.3) is 11.8 Å². The van der Waals surface area contributed by atoms with Gasteiger partial charge in [0, 0.05) is 12.1 Å². The summed E-state index contributed by atoms with van der Waals surface area (Å²) in [6, 6.07) is 5.29. The van der Waals surface area contributed by atoms with E-state index >= 15 is 0 Å². The Morgan fingerprint density at radius 3 is 2.60 bits per heavy atom. The molecule has 0 radical (unpaired) electrons. The molecule has 1 aromatic carbocycles. The normalized spacial score (nSPS) is 14.1. The molecule has 0 atom stereocenters. The molecule has 1 aliphatic heterocycles. The van der Waals surface area contributed by atoms with Crippen LogP contribution in [0.25, 0.3) is 11.0 Å². The Labute approximate surface area is 164 Å². The van der Waals surface area contributed by atoms with Crippen LogP contribution in [-0.4, -0.2) is 33.1 Å². The number of furan rings is 1. The molecule has 13 heteroatoms. The number of carbonyl (C=O) groups excluding carboxylic acids is 2. The first-order valence-electron chi connectivity index (χ1n) is 8.28. The van der Waals surface area contributed by atoms with Gasteiger partial charge in [-0.2, -0.15) is 4.98 Å². The smallest absolute Gasteiger partial charge is 0.459 e. The van der Waals surface area contributed by atoms with Crippen molar-refractivity contribution in [1.29, 1.82) is 0 Å². The third-order valence-electron chi connectivity index (χ3n) is 3.94. The highest BCUT2D eigenvalue weighted by Crippen LogP contribution is 2.42. The predicted octanol–water partition coefficient (Wildman–Crippen LogP) is 2.97. The number of fused-ring (bicyclic) bond motifs is 2. The number of oxazole rings is 1. The van der Waals surface area contributed by atoms with Crippen molar-refractivity contribution in [1.82, 2.24) is 15.0 Å². The lowest BCUT2D eigenvalue weighted by atomic mass is 10.3. The van der Waals surface area contributed by atoms with Gasteiger partial charge in [-0.3, -0.25) is 20.2 Å². The topological polar surface area (TPSA) is 145 Å². The van der Waals surface area contributed by atoms with Crippen LogP contribution in [0.1, 0.15) is 21.0 Å². The van der Waals surface area contributed by atoms with E-state index in [1.807, 2.05) is 0 Å². The minimum absolute atomic E-state index is 0.0228. The second-order valence-corrected chi connectivity index (χ2v) is 5.99. The summed E-state index contributed by atoms with van der Waals surface area (Å²) in [6.07, 6.45) is -1.38. The molecule has 0 bridgehead atoms. The Morgan fingerprint density at radius 2 is 1.83 bits per heavy atom. The van der Waals surface area contributed by atoms with Crippen LogP contribution in [0.15, 0.2) is 45.6 Å². The van der Waals surface area contributed by atoms with E-state index in [0.717, 1.165) is 6.26 Å². The fourth-order valence-electron chi connectivity index (χ4n) is 2.69. The van der Waals surface area contributed by atoms with Gasteiger partial charge in [0.15, 0.2) is 23.0 Å². The Bertz CT molecular complexity index is 1230. The fourth-order valence-corrected chi connectivity index (χ4v) is 2.69. The molecular formula is C17H9F2N5O6. The first-order chi connectivity index (χ1) is 14.4. The summed E-state index contributed by atoms with van der Waals surface area (Å²) in [6.45, 7) is 0. The number of hydrogen-bond acceptors (Lipinski definition) is 8. The van der Waals surface area contributed by atoms with Crippen LogP contribution in [0.4, 0.5) is 20.7 Å². The van der Waals surface area contributed by atoms with Gasteiger partial charge in [0.05, 0.1) is 17.3 Å². The summed E-state index contributed by atoms with van der Waals surface area (Å²) in [5.74, 6) is -1.57. The molecule has 2 amide bonds. The van der Waals surface area contributed by atoms with Crippen LogP contribution < -0.4 is 20.1 Å². The zero-order chi connectivity index (χ0) is 20.9. The minimum Gasteiger partial charge on any atom is -0.459 e. The molecule has 0 spiro atoms. The number of H-pyrrole nitrogens is 1. The van der Waals surface area contributed by atoms with E-state index in [1.165, 1.54) is 30.5 Å². The summed E-state index contributed by atoms with van der Waals surface area (Å²) in [5.41, 5.74) is 0.452. The van der Waals surface area contributed by atoms with Crippen molar-refractivity contribution in [2.75, 3.05) is 10.6 Å². The second kappa shape index (κ2) is 6.30. The molecule has 0 saturated heterocycles. The van der Waals surface area contributed by atoms with Crippen LogP contribution in [0.2, 0.25) is 0 Å². The van der Waals surface area contributed by atoms with Crippen molar-refractivity contribution in [2.24, 2.45) is 0 Å². The Balaban J connectivity index is 1.29. The van der Waals surface area contributed by atoms with Gasteiger partial charge in [-0.25, -0.2) is 4.98 Å². The largest absolute Gasteiger partial charge is 0.586 e. The lowest BCUT2D eigenvalue weighted by Crippen LogP contribution is -2.25. The maximum absolute atomic E-state index is 13.1. The zero-order valence-corrected chi connectivity index (χ0v) is 14.6. The molecule has 3 N–H and O–H groups in total. The minimum atomic E-state index is -3.74. The average molecular weight is 417 g/mol. The monoisotopic (exact) mass is 417 g/mol. The van der Waals surface area contributed by atoms with Crippen LogP contribution in [0.5, 0.6) is 11.5 Å². The van der Waals surface area contributed by atoms with Crippen LogP contribution in [0.3, 0.4) is 0 Å². The van der Waals surface area contributed by atoms with Crippen molar-refractivity contribution >= 4 is 34.8 Å². The van der Waals surface area contributed by atoms with E-state index < -0.39 is 18.1 Å². The van der Waals surface area contributed by atoms with Crippen molar-refractivity contribution in [3.63, 3.8) is 0 Å². The predicted molar refractivity (Wildman–Crippen MR) is 93.4 cm³/mol. The number of nitrogens with one attached hydrogen (secondary N) is 3. The number of amides is 2. The van der Waals surface area contributed by atoms with Gasteiger partial charge >= 0.3 is 12.3 Å². The number of halogens is 2. The number of rotatable bonds is 4. The quantitative estimate of drug-likeness (QED) is 0.460. The Morgan fingerprint density at radius 1 is 1.03 bits per heavy atom. The number of carbonyl (C=O) groups is 2. The molecule has 5 rings (SSSR count). The summed E-state index contributed by atoms with van der Waals surface area (Å²) in [7, 11) is 0. The van der Waals surface area contributed by atoms with Gasteiger partial charge < -0.3 is 23.3 Å². The van der Waals surface area contributed by atoms with Gasteiger partial charge in [0.1, 0.15) is 6.26 Å². The van der Waals surface area contributed by atoms with E-state index in [9.17, 15) is 18.4 Å². The summed E-state index contributed by atoms with van der Waals surface area (Å²) in [4.78, 5) is 34.9. The molecule has 3 aromatic heterocycles. The molecule has 11 nitrogen and oxygen atoms in total. The zero-order valence-electron chi connectivity index (χ0n) is 14.6. The van der Waals surface area contributed by atoms with Crippen molar-refractivity contribution in [3.8, 4) is 11.5 Å². The lowest BCUT2D eigenvalue weighted by molar-refractivity contribution is -0.286. The van der Waals surface area contributed by atoms with E-state index in [4.69, 9.17) is 8.83 Å². The summed E-state index contributed by atoms with van der Waals surface area (Å²) < 4.78 is 44.9. The summed E-state index contributed by atoms with van der Waals surface area (Å²) >= 11 is 0. The molecule has 0 unspecified atom stereocenters. The molecule has 30 heavy (non-hydrogen) atoms. The number of anilines is 2. The first kappa shape index (κ1) is 17.7. The molecule has 4 aromatic rings. The van der Waals surface area contributed by atoms with Crippen LogP contribution >= 0.6 is 0 Å². The van der Waals surface area contributed by atoms with Crippen LogP contribution in [-0.2, 0) is 0 Å². The number of ether oxygens (including phenoxy) is 2. The number of aromatic amines is 1. The fraction of sp³-hybridized carbons (Fsp3) is 0.0588. The number of imidazole rings is 1. The van der Waals surface area contributed by atoms with E-state index in [-0.39, 0.29) is 40.4 Å². The highest BCUT2D eigenvalue weighted by Gasteiger charge is 2.43. The van der Waals surface area contributed by atoms with Crippen molar-refractivity contribution in [2.45, 2.75) is 6.29 Å². The SMILES string of the molecule is O=C(Nc1nc2cc3c(cc2[nH]1)OC(F)(F)O3)c1coc(NC(=O)c2ccco2)n1. The third-order valence-corrected chi connectivity index (χ3v) is 3.94. The molecule has 4 heterocycles. The highest BCUT2D eigenvalue weighted by molar-refractivity contribution is 6.04. The Kier molecular flexibility index (Phi) is 3.71. The average Bonchev–Trinajstić information content (AvgIpc) is 3.44. The third kappa shape index (κ3) is 3.17. The highest BCUT2D eigenvalue weighted by atomic mass is 19.3. The van der Waals surface area contributed by atoms with Crippen molar-refractivity contribution in [3.05, 3.63) is 48.2 Å². The lowest BCUT2D eigenvalue weighted by Gasteiger charge is -2.04. The van der Waals surface area contributed by atoms with Gasteiger partial charge in [-0.15, -0.1) is 8.78 Å². The van der Waals surface area contributed by atoms with Gasteiger partial charge in [0.2, 0.25) is 5.95 Å². The number of nitrogens with zero attached hydrogens (tertiary/aromatic N) is 2. The second-order valence-electron chi connectivity index (χ2n) is 5.99. The number of benzene rings is 1. The molecule has 0 aliphatic carbocycles. The maximum Gasteiger partial charge on any atom is 0.586 e.